The number of rotatable bonds is 6. The van der Waals surface area contributed by atoms with E-state index >= 15 is 0 Å². The maximum absolute atomic E-state index is 11.9. The Morgan fingerprint density at radius 2 is 1.71 bits per heavy atom. The first-order valence-electron chi connectivity index (χ1n) is 7.42. The Labute approximate surface area is 139 Å². The molecule has 0 bridgehead atoms. The molecule has 1 aromatic carbocycles. The Morgan fingerprint density at radius 3 is 2.42 bits per heavy atom. The van der Waals surface area contributed by atoms with Crippen molar-refractivity contribution in [3.05, 3.63) is 53.5 Å². The highest BCUT2D eigenvalue weighted by molar-refractivity contribution is 5.97. The number of hydrogen-bond donors (Lipinski definition) is 3. The van der Waals surface area contributed by atoms with Gasteiger partial charge in [0.15, 0.2) is 5.76 Å². The quantitative estimate of drug-likeness (QED) is 0.745. The van der Waals surface area contributed by atoms with E-state index in [1.807, 2.05) is 26.0 Å². The molecule has 3 amide bonds. The predicted molar refractivity (Wildman–Crippen MR) is 88.6 cm³/mol. The first-order chi connectivity index (χ1) is 11.5. The smallest absolute Gasteiger partial charge is 0.287 e. The van der Waals surface area contributed by atoms with Crippen LogP contribution >= 0.6 is 0 Å². The van der Waals surface area contributed by atoms with E-state index in [0.717, 1.165) is 11.1 Å². The van der Waals surface area contributed by atoms with Crippen molar-refractivity contribution in [3.8, 4) is 0 Å². The number of hydrogen-bond acceptors (Lipinski definition) is 4. The Morgan fingerprint density at radius 1 is 0.958 bits per heavy atom. The summed E-state index contributed by atoms with van der Waals surface area (Å²) >= 11 is 0. The molecule has 126 valence electrons. The van der Waals surface area contributed by atoms with Crippen LogP contribution in [0.5, 0.6) is 0 Å². The van der Waals surface area contributed by atoms with Gasteiger partial charge in [-0.2, -0.15) is 0 Å². The molecule has 1 aromatic heterocycles. The van der Waals surface area contributed by atoms with Gasteiger partial charge >= 0.3 is 0 Å². The summed E-state index contributed by atoms with van der Waals surface area (Å²) in [6, 6.07) is 8.66. The number of benzene rings is 1. The fourth-order valence-electron chi connectivity index (χ4n) is 1.98. The molecule has 24 heavy (non-hydrogen) atoms. The minimum atomic E-state index is -0.491. The van der Waals surface area contributed by atoms with E-state index in [2.05, 4.69) is 16.0 Å². The fourth-order valence-corrected chi connectivity index (χ4v) is 1.98. The first kappa shape index (κ1) is 17.3. The van der Waals surface area contributed by atoms with Crippen LogP contribution in [-0.4, -0.2) is 30.8 Å². The van der Waals surface area contributed by atoms with Crippen molar-refractivity contribution in [1.82, 2.24) is 10.6 Å². The van der Waals surface area contributed by atoms with E-state index in [4.69, 9.17) is 4.42 Å². The van der Waals surface area contributed by atoms with Gasteiger partial charge in [-0.25, -0.2) is 0 Å². The standard InChI is InChI=1S/C17H19N3O4/c1-11-5-3-6-13(12(11)2)20-16(22)10-18-15(21)9-19-17(23)14-7-4-8-24-14/h3-8H,9-10H2,1-2H3,(H,18,21)(H,19,23)(H,20,22). The maximum Gasteiger partial charge on any atom is 0.287 e. The van der Waals surface area contributed by atoms with Crippen molar-refractivity contribution in [2.45, 2.75) is 13.8 Å². The summed E-state index contributed by atoms with van der Waals surface area (Å²) in [5, 5.41) is 7.58. The minimum Gasteiger partial charge on any atom is -0.459 e. The second kappa shape index (κ2) is 7.96. The molecule has 0 radical (unpaired) electrons. The second-order valence-corrected chi connectivity index (χ2v) is 5.23. The van der Waals surface area contributed by atoms with Crippen molar-refractivity contribution in [3.63, 3.8) is 0 Å². The van der Waals surface area contributed by atoms with Crippen LogP contribution in [0.25, 0.3) is 0 Å². The van der Waals surface area contributed by atoms with E-state index in [0.29, 0.717) is 5.69 Å². The van der Waals surface area contributed by atoms with Gasteiger partial charge in [-0.3, -0.25) is 14.4 Å². The van der Waals surface area contributed by atoms with E-state index < -0.39 is 11.8 Å². The molecule has 2 rings (SSSR count). The fraction of sp³-hybridized carbons (Fsp3) is 0.235. The number of nitrogens with one attached hydrogen (secondary N) is 3. The van der Waals surface area contributed by atoms with Crippen molar-refractivity contribution in [2.24, 2.45) is 0 Å². The van der Waals surface area contributed by atoms with Gasteiger partial charge in [0.1, 0.15) is 0 Å². The number of aryl methyl sites for hydroxylation is 1. The van der Waals surface area contributed by atoms with Gasteiger partial charge in [-0.15, -0.1) is 0 Å². The zero-order valence-corrected chi connectivity index (χ0v) is 13.5. The Kier molecular flexibility index (Phi) is 5.73. The zero-order valence-electron chi connectivity index (χ0n) is 13.5. The van der Waals surface area contributed by atoms with E-state index in [1.54, 1.807) is 12.1 Å². The lowest BCUT2D eigenvalue weighted by Gasteiger charge is -2.11. The topological polar surface area (TPSA) is 100 Å². The molecule has 7 nitrogen and oxygen atoms in total. The maximum atomic E-state index is 11.9. The van der Waals surface area contributed by atoms with E-state index in [-0.39, 0.29) is 24.8 Å². The lowest BCUT2D eigenvalue weighted by Crippen LogP contribution is -2.40. The molecule has 0 saturated carbocycles. The molecule has 0 unspecified atom stereocenters. The monoisotopic (exact) mass is 329 g/mol. The summed E-state index contributed by atoms with van der Waals surface area (Å²) in [6.07, 6.45) is 1.37. The Balaban J connectivity index is 1.74. The lowest BCUT2D eigenvalue weighted by molar-refractivity contribution is -0.123. The van der Waals surface area contributed by atoms with Gasteiger partial charge in [0.05, 0.1) is 19.4 Å². The van der Waals surface area contributed by atoms with Crippen LogP contribution in [0, 0.1) is 13.8 Å². The van der Waals surface area contributed by atoms with Gasteiger partial charge in [0.2, 0.25) is 11.8 Å². The third-order valence-corrected chi connectivity index (χ3v) is 3.48. The lowest BCUT2D eigenvalue weighted by atomic mass is 10.1. The highest BCUT2D eigenvalue weighted by Crippen LogP contribution is 2.17. The summed E-state index contributed by atoms with van der Waals surface area (Å²) in [4.78, 5) is 35.1. The van der Waals surface area contributed by atoms with Crippen LogP contribution in [0.4, 0.5) is 5.69 Å². The molecule has 3 N–H and O–H groups in total. The summed E-state index contributed by atoms with van der Waals surface area (Å²) in [5.41, 5.74) is 2.75. The Bertz CT molecular complexity index is 738. The average molecular weight is 329 g/mol. The zero-order chi connectivity index (χ0) is 17.5. The normalized spacial score (nSPS) is 10.1. The van der Waals surface area contributed by atoms with E-state index in [1.165, 1.54) is 12.3 Å². The molecule has 0 atom stereocenters. The van der Waals surface area contributed by atoms with Crippen LogP contribution in [0.15, 0.2) is 41.0 Å². The van der Waals surface area contributed by atoms with Gasteiger partial charge in [-0.05, 0) is 43.2 Å². The average Bonchev–Trinajstić information content (AvgIpc) is 3.09. The third-order valence-electron chi connectivity index (χ3n) is 3.48. The van der Waals surface area contributed by atoms with Crippen LogP contribution in [0.2, 0.25) is 0 Å². The SMILES string of the molecule is Cc1cccc(NC(=O)CNC(=O)CNC(=O)c2ccco2)c1C. The second-order valence-electron chi connectivity index (χ2n) is 5.23. The minimum absolute atomic E-state index is 0.121. The highest BCUT2D eigenvalue weighted by Gasteiger charge is 2.11. The van der Waals surface area contributed by atoms with Crippen LogP contribution in [-0.2, 0) is 9.59 Å². The van der Waals surface area contributed by atoms with Crippen LogP contribution < -0.4 is 16.0 Å². The Hall–Kier alpha value is -3.09. The van der Waals surface area contributed by atoms with Crippen molar-refractivity contribution < 1.29 is 18.8 Å². The van der Waals surface area contributed by atoms with Gasteiger partial charge < -0.3 is 20.4 Å². The van der Waals surface area contributed by atoms with Crippen molar-refractivity contribution in [2.75, 3.05) is 18.4 Å². The number of carbonyl (C=O) groups is 3. The number of amides is 3. The molecule has 0 aliphatic rings. The van der Waals surface area contributed by atoms with Crippen LogP contribution in [0.1, 0.15) is 21.7 Å². The van der Waals surface area contributed by atoms with Crippen molar-refractivity contribution in [1.29, 1.82) is 0 Å². The number of anilines is 1. The van der Waals surface area contributed by atoms with Gasteiger partial charge in [0, 0.05) is 5.69 Å². The van der Waals surface area contributed by atoms with Crippen LogP contribution in [0.3, 0.4) is 0 Å². The summed E-state index contributed by atoms with van der Waals surface area (Å²) < 4.78 is 4.91. The summed E-state index contributed by atoms with van der Waals surface area (Å²) in [7, 11) is 0. The molecule has 1 heterocycles. The highest BCUT2D eigenvalue weighted by atomic mass is 16.3. The number of furan rings is 1. The molecule has 0 spiro atoms. The molecule has 0 fully saturated rings. The number of carbonyl (C=O) groups excluding carboxylic acids is 3. The van der Waals surface area contributed by atoms with E-state index in [9.17, 15) is 14.4 Å². The summed E-state index contributed by atoms with van der Waals surface area (Å²) in [5.74, 6) is -1.18. The molecule has 0 aliphatic heterocycles. The molecule has 2 aromatic rings. The third kappa shape index (κ3) is 4.70. The molecular weight excluding hydrogens is 310 g/mol. The molecule has 7 heteroatoms. The molecular formula is C17H19N3O4. The molecule has 0 saturated heterocycles. The largest absolute Gasteiger partial charge is 0.459 e. The predicted octanol–water partition coefficient (Wildman–Crippen LogP) is 1.38. The van der Waals surface area contributed by atoms with Gasteiger partial charge in [0.25, 0.3) is 5.91 Å². The van der Waals surface area contributed by atoms with Gasteiger partial charge in [-0.1, -0.05) is 12.1 Å². The van der Waals surface area contributed by atoms with Crippen molar-refractivity contribution >= 4 is 23.4 Å². The molecule has 0 aliphatic carbocycles. The summed E-state index contributed by atoms with van der Waals surface area (Å²) in [6.45, 7) is 3.45. The first-order valence-corrected chi connectivity index (χ1v) is 7.42.